The monoisotopic (exact) mass is 159 g/mol. The van der Waals surface area contributed by atoms with E-state index in [1.54, 1.807) is 0 Å². The minimum absolute atomic E-state index is 0.665. The molecule has 0 radical (unpaired) electrons. The first-order valence-corrected chi connectivity index (χ1v) is 3.88. The van der Waals surface area contributed by atoms with Gasteiger partial charge in [-0.1, -0.05) is 18.2 Å². The molecule has 2 nitrogen and oxygen atoms in total. The molecule has 0 N–H and O–H groups in total. The molecule has 1 aromatic carbocycles. The van der Waals surface area contributed by atoms with E-state index in [0.717, 1.165) is 11.1 Å². The highest BCUT2D eigenvalue weighted by Crippen LogP contribution is 2.14. The minimum atomic E-state index is 0.665. The zero-order chi connectivity index (χ0) is 8.39. The first-order valence-electron chi connectivity index (χ1n) is 3.88. The van der Waals surface area contributed by atoms with E-state index in [2.05, 4.69) is 4.98 Å². The molecule has 0 aliphatic carbocycles. The molecule has 0 aliphatic heterocycles. The van der Waals surface area contributed by atoms with Crippen molar-refractivity contribution in [1.82, 2.24) is 4.98 Å². The van der Waals surface area contributed by atoms with Gasteiger partial charge < -0.3 is 4.42 Å². The Hall–Kier alpha value is -1.57. The molecule has 0 unspecified atom stereocenters. The topological polar surface area (TPSA) is 26.0 Å². The number of benzene rings is 1. The maximum atomic E-state index is 5.41. The van der Waals surface area contributed by atoms with E-state index >= 15 is 0 Å². The Bertz CT molecular complexity index is 381. The lowest BCUT2D eigenvalue weighted by Crippen LogP contribution is -1.66. The Kier molecular flexibility index (Phi) is 1.67. The van der Waals surface area contributed by atoms with E-state index in [0.29, 0.717) is 5.89 Å². The molecule has 0 spiro atoms. The van der Waals surface area contributed by atoms with Gasteiger partial charge in [0.05, 0.1) is 0 Å². The van der Waals surface area contributed by atoms with Gasteiger partial charge in [0.15, 0.2) is 5.58 Å². The summed E-state index contributed by atoms with van der Waals surface area (Å²) in [5, 5.41) is 0. The number of nitrogens with zero attached hydrogens (tertiary/aromatic N) is 1. The summed E-state index contributed by atoms with van der Waals surface area (Å²) in [7, 11) is 0. The summed E-state index contributed by atoms with van der Waals surface area (Å²) < 4.78 is 5.41. The number of oxazole rings is 1. The van der Waals surface area contributed by atoms with Crippen LogP contribution < -0.4 is 0 Å². The second kappa shape index (κ2) is 2.81. The van der Waals surface area contributed by atoms with Crippen molar-refractivity contribution in [2.45, 2.75) is 6.92 Å². The SMILES string of the molecule is C/C=C\c1nc2ccccc2o1. The second-order valence-corrected chi connectivity index (χ2v) is 2.52. The van der Waals surface area contributed by atoms with Gasteiger partial charge in [-0.25, -0.2) is 4.98 Å². The predicted octanol–water partition coefficient (Wildman–Crippen LogP) is 2.86. The molecule has 1 heterocycles. The van der Waals surface area contributed by atoms with Crippen molar-refractivity contribution in [3.63, 3.8) is 0 Å². The van der Waals surface area contributed by atoms with Crippen LogP contribution in [-0.2, 0) is 0 Å². The Labute approximate surface area is 70.5 Å². The summed E-state index contributed by atoms with van der Waals surface area (Å²) in [4.78, 5) is 4.25. The minimum Gasteiger partial charge on any atom is -0.437 e. The Balaban J connectivity index is 2.62. The van der Waals surface area contributed by atoms with Crippen LogP contribution in [-0.4, -0.2) is 4.98 Å². The molecule has 0 amide bonds. The van der Waals surface area contributed by atoms with Crippen LogP contribution in [0.3, 0.4) is 0 Å². The van der Waals surface area contributed by atoms with Crippen LogP contribution in [0, 0.1) is 0 Å². The van der Waals surface area contributed by atoms with Gasteiger partial charge in [0.1, 0.15) is 5.52 Å². The summed E-state index contributed by atoms with van der Waals surface area (Å²) in [6, 6.07) is 7.73. The van der Waals surface area contributed by atoms with Gasteiger partial charge in [-0.05, 0) is 25.1 Å². The Morgan fingerprint density at radius 1 is 1.33 bits per heavy atom. The highest BCUT2D eigenvalue weighted by Gasteiger charge is 1.99. The third-order valence-corrected chi connectivity index (χ3v) is 1.62. The molecule has 0 fully saturated rings. The Morgan fingerprint density at radius 3 is 2.92 bits per heavy atom. The van der Waals surface area contributed by atoms with Gasteiger partial charge in [0.2, 0.25) is 5.89 Å². The van der Waals surface area contributed by atoms with E-state index in [-0.39, 0.29) is 0 Å². The highest BCUT2D eigenvalue weighted by atomic mass is 16.3. The zero-order valence-electron chi connectivity index (χ0n) is 6.82. The van der Waals surface area contributed by atoms with Gasteiger partial charge in [0, 0.05) is 0 Å². The van der Waals surface area contributed by atoms with Crippen LogP contribution in [0.4, 0.5) is 0 Å². The summed E-state index contributed by atoms with van der Waals surface area (Å²) in [5.74, 6) is 0.665. The van der Waals surface area contributed by atoms with Crippen LogP contribution in [0.25, 0.3) is 17.2 Å². The summed E-state index contributed by atoms with van der Waals surface area (Å²) >= 11 is 0. The van der Waals surface area contributed by atoms with E-state index < -0.39 is 0 Å². The van der Waals surface area contributed by atoms with E-state index in [1.807, 2.05) is 43.3 Å². The second-order valence-electron chi connectivity index (χ2n) is 2.52. The summed E-state index contributed by atoms with van der Waals surface area (Å²) in [5.41, 5.74) is 1.75. The average Bonchev–Trinajstić information content (AvgIpc) is 2.47. The van der Waals surface area contributed by atoms with Gasteiger partial charge >= 0.3 is 0 Å². The zero-order valence-corrected chi connectivity index (χ0v) is 6.82. The fourth-order valence-electron chi connectivity index (χ4n) is 1.10. The third kappa shape index (κ3) is 1.11. The molecule has 2 heteroatoms. The lowest BCUT2D eigenvalue weighted by Gasteiger charge is -1.79. The number of fused-ring (bicyclic) bond motifs is 1. The maximum Gasteiger partial charge on any atom is 0.219 e. The fraction of sp³-hybridized carbons (Fsp3) is 0.100. The number of hydrogen-bond acceptors (Lipinski definition) is 2. The van der Waals surface area contributed by atoms with Crippen molar-refractivity contribution < 1.29 is 4.42 Å². The van der Waals surface area contributed by atoms with Crippen LogP contribution in [0.15, 0.2) is 34.8 Å². The first-order chi connectivity index (χ1) is 5.90. The van der Waals surface area contributed by atoms with Crippen LogP contribution in [0.2, 0.25) is 0 Å². The molecule has 2 rings (SSSR count). The molecule has 1 aromatic heterocycles. The number of para-hydroxylation sites is 2. The smallest absolute Gasteiger partial charge is 0.219 e. The number of rotatable bonds is 1. The third-order valence-electron chi connectivity index (χ3n) is 1.62. The highest BCUT2D eigenvalue weighted by molar-refractivity contribution is 5.73. The lowest BCUT2D eigenvalue weighted by molar-refractivity contribution is 0.589. The number of allylic oxidation sites excluding steroid dienone is 1. The maximum absolute atomic E-state index is 5.41. The average molecular weight is 159 g/mol. The molecular formula is C10H9NO. The molecule has 12 heavy (non-hydrogen) atoms. The lowest BCUT2D eigenvalue weighted by atomic mass is 10.3. The van der Waals surface area contributed by atoms with E-state index in [9.17, 15) is 0 Å². The first kappa shape index (κ1) is 7.10. The molecule has 0 atom stereocenters. The molecular weight excluding hydrogens is 150 g/mol. The molecule has 0 saturated heterocycles. The molecule has 0 aliphatic rings. The van der Waals surface area contributed by atoms with Crippen molar-refractivity contribution in [1.29, 1.82) is 0 Å². The molecule has 0 saturated carbocycles. The van der Waals surface area contributed by atoms with E-state index in [1.165, 1.54) is 0 Å². The van der Waals surface area contributed by atoms with Gasteiger partial charge in [-0.15, -0.1) is 0 Å². The van der Waals surface area contributed by atoms with Crippen LogP contribution in [0.1, 0.15) is 12.8 Å². The fourth-order valence-corrected chi connectivity index (χ4v) is 1.10. The van der Waals surface area contributed by atoms with Gasteiger partial charge in [-0.2, -0.15) is 0 Å². The summed E-state index contributed by atoms with van der Waals surface area (Å²) in [6.45, 7) is 1.94. The summed E-state index contributed by atoms with van der Waals surface area (Å²) in [6.07, 6.45) is 3.75. The van der Waals surface area contributed by atoms with E-state index in [4.69, 9.17) is 4.42 Å². The number of hydrogen-bond donors (Lipinski definition) is 0. The van der Waals surface area contributed by atoms with Crippen molar-refractivity contribution >= 4 is 17.2 Å². The van der Waals surface area contributed by atoms with Gasteiger partial charge in [0.25, 0.3) is 0 Å². The Morgan fingerprint density at radius 2 is 2.17 bits per heavy atom. The molecule has 60 valence electrons. The van der Waals surface area contributed by atoms with Crippen LogP contribution >= 0.6 is 0 Å². The molecule has 0 bridgehead atoms. The standard InChI is InChI=1S/C10H9NO/c1-2-5-10-11-8-6-3-4-7-9(8)12-10/h2-7H,1H3/b5-2-. The van der Waals surface area contributed by atoms with Crippen molar-refractivity contribution in [3.8, 4) is 0 Å². The van der Waals surface area contributed by atoms with Crippen molar-refractivity contribution in [3.05, 3.63) is 36.2 Å². The largest absolute Gasteiger partial charge is 0.437 e. The van der Waals surface area contributed by atoms with Gasteiger partial charge in [-0.3, -0.25) is 0 Å². The quantitative estimate of drug-likeness (QED) is 0.639. The normalized spacial score (nSPS) is 11.4. The van der Waals surface area contributed by atoms with Crippen molar-refractivity contribution in [2.24, 2.45) is 0 Å². The number of aromatic nitrogens is 1. The predicted molar refractivity (Wildman–Crippen MR) is 48.7 cm³/mol. The van der Waals surface area contributed by atoms with Crippen molar-refractivity contribution in [2.75, 3.05) is 0 Å². The molecule has 2 aromatic rings. The van der Waals surface area contributed by atoms with Crippen LogP contribution in [0.5, 0.6) is 0 Å².